The minimum atomic E-state index is -0.370. The fourth-order valence-electron chi connectivity index (χ4n) is 3.27. The maximum atomic E-state index is 12.2. The summed E-state index contributed by atoms with van der Waals surface area (Å²) < 4.78 is 15.3. The molecule has 0 radical (unpaired) electrons. The molecule has 0 aliphatic carbocycles. The maximum absolute atomic E-state index is 12.2. The number of rotatable bonds is 7. The number of methoxy groups -OCH3 is 1. The number of phenols is 1. The molecule has 1 unspecified atom stereocenters. The SMILES string of the molecule is COc1ccc(C[C@H]2COC(=O)C2Cc2ccc(OCO)cc2)cc1O. The van der Waals surface area contributed by atoms with Gasteiger partial charge in [0.25, 0.3) is 0 Å². The Balaban J connectivity index is 1.69. The molecule has 6 nitrogen and oxygen atoms in total. The van der Waals surface area contributed by atoms with Gasteiger partial charge in [-0.05, 0) is 48.2 Å². The number of phenolic OH excluding ortho intramolecular Hbond substituents is 1. The van der Waals surface area contributed by atoms with Crippen molar-refractivity contribution in [1.82, 2.24) is 0 Å². The molecular weight excluding hydrogens is 336 g/mol. The molecule has 0 spiro atoms. The van der Waals surface area contributed by atoms with E-state index in [0.29, 0.717) is 30.9 Å². The Hall–Kier alpha value is -2.73. The van der Waals surface area contributed by atoms with Gasteiger partial charge in [0.2, 0.25) is 0 Å². The van der Waals surface area contributed by atoms with Gasteiger partial charge in [-0.25, -0.2) is 0 Å². The molecule has 138 valence electrons. The first kappa shape index (κ1) is 18.1. The molecule has 6 heteroatoms. The predicted molar refractivity (Wildman–Crippen MR) is 94.2 cm³/mol. The molecule has 26 heavy (non-hydrogen) atoms. The Bertz CT molecular complexity index is 755. The molecule has 1 heterocycles. The second-order valence-electron chi connectivity index (χ2n) is 6.33. The van der Waals surface area contributed by atoms with Crippen LogP contribution in [-0.2, 0) is 22.4 Å². The van der Waals surface area contributed by atoms with E-state index in [0.717, 1.165) is 11.1 Å². The summed E-state index contributed by atoms with van der Waals surface area (Å²) >= 11 is 0. The molecule has 0 amide bonds. The summed E-state index contributed by atoms with van der Waals surface area (Å²) in [7, 11) is 1.51. The highest BCUT2D eigenvalue weighted by molar-refractivity contribution is 5.75. The van der Waals surface area contributed by atoms with Crippen molar-refractivity contribution >= 4 is 5.97 Å². The standard InChI is InChI=1S/C20H22O6/c1-24-19-7-4-14(10-18(19)22)8-15-11-25-20(23)17(15)9-13-2-5-16(6-3-13)26-12-21/h2-7,10,15,17,21-22H,8-9,11-12H2,1H3/t15-,17?/m0/s1. The van der Waals surface area contributed by atoms with Crippen molar-refractivity contribution in [1.29, 1.82) is 0 Å². The molecule has 0 saturated carbocycles. The van der Waals surface area contributed by atoms with Gasteiger partial charge in [0, 0.05) is 5.92 Å². The third kappa shape index (κ3) is 4.08. The molecule has 1 aliphatic rings. The normalized spacial score (nSPS) is 19.2. The van der Waals surface area contributed by atoms with Crippen LogP contribution in [0.25, 0.3) is 0 Å². The summed E-state index contributed by atoms with van der Waals surface area (Å²) in [6.45, 7) is 0.00702. The van der Waals surface area contributed by atoms with Crippen LogP contribution in [0.3, 0.4) is 0 Å². The van der Waals surface area contributed by atoms with Crippen LogP contribution < -0.4 is 9.47 Å². The summed E-state index contributed by atoms with van der Waals surface area (Å²) in [6.07, 6.45) is 1.21. The van der Waals surface area contributed by atoms with E-state index < -0.39 is 0 Å². The Morgan fingerprint density at radius 3 is 2.50 bits per heavy atom. The molecule has 2 aromatic carbocycles. The second kappa shape index (κ2) is 8.10. The van der Waals surface area contributed by atoms with E-state index in [9.17, 15) is 9.90 Å². The summed E-state index contributed by atoms with van der Waals surface area (Å²) in [5.74, 6) is 0.715. The number of hydrogen-bond donors (Lipinski definition) is 2. The van der Waals surface area contributed by atoms with Gasteiger partial charge in [-0.1, -0.05) is 18.2 Å². The van der Waals surface area contributed by atoms with E-state index in [1.54, 1.807) is 24.3 Å². The highest BCUT2D eigenvalue weighted by Crippen LogP contribution is 2.32. The van der Waals surface area contributed by atoms with Crippen molar-refractivity contribution in [2.45, 2.75) is 12.8 Å². The van der Waals surface area contributed by atoms with Crippen molar-refractivity contribution in [3.63, 3.8) is 0 Å². The third-order valence-corrected chi connectivity index (χ3v) is 4.66. The first-order valence-electron chi connectivity index (χ1n) is 8.46. The molecule has 0 bridgehead atoms. The number of hydrogen-bond acceptors (Lipinski definition) is 6. The van der Waals surface area contributed by atoms with Crippen molar-refractivity contribution in [2.24, 2.45) is 11.8 Å². The Kier molecular flexibility index (Phi) is 5.63. The topological polar surface area (TPSA) is 85.2 Å². The lowest BCUT2D eigenvalue weighted by Gasteiger charge is -2.16. The van der Waals surface area contributed by atoms with Crippen LogP contribution in [-0.4, -0.2) is 36.7 Å². The monoisotopic (exact) mass is 358 g/mol. The zero-order valence-electron chi connectivity index (χ0n) is 14.6. The van der Waals surface area contributed by atoms with Crippen molar-refractivity contribution in [3.8, 4) is 17.2 Å². The lowest BCUT2D eigenvalue weighted by atomic mass is 9.85. The molecular formula is C20H22O6. The number of aliphatic hydroxyl groups excluding tert-OH is 1. The highest BCUT2D eigenvalue weighted by atomic mass is 16.6. The predicted octanol–water partition coefficient (Wildman–Crippen LogP) is 2.30. The van der Waals surface area contributed by atoms with Crippen molar-refractivity contribution in [3.05, 3.63) is 53.6 Å². The number of cyclic esters (lactones) is 1. The molecule has 2 atom stereocenters. The van der Waals surface area contributed by atoms with Crippen LogP contribution in [0.1, 0.15) is 11.1 Å². The fourth-order valence-corrected chi connectivity index (χ4v) is 3.27. The number of aliphatic hydroxyl groups is 1. The zero-order chi connectivity index (χ0) is 18.5. The fraction of sp³-hybridized carbons (Fsp3) is 0.350. The van der Waals surface area contributed by atoms with E-state index in [2.05, 4.69) is 0 Å². The van der Waals surface area contributed by atoms with Crippen LogP contribution >= 0.6 is 0 Å². The lowest BCUT2D eigenvalue weighted by molar-refractivity contribution is -0.141. The highest BCUT2D eigenvalue weighted by Gasteiger charge is 2.36. The summed E-state index contributed by atoms with van der Waals surface area (Å²) in [6, 6.07) is 12.6. The number of benzene rings is 2. The van der Waals surface area contributed by atoms with Gasteiger partial charge in [-0.15, -0.1) is 0 Å². The van der Waals surface area contributed by atoms with E-state index in [4.69, 9.17) is 19.3 Å². The summed E-state index contributed by atoms with van der Waals surface area (Å²) in [5, 5.41) is 18.7. The average Bonchev–Trinajstić information content (AvgIpc) is 2.97. The largest absolute Gasteiger partial charge is 0.504 e. The lowest BCUT2D eigenvalue weighted by Crippen LogP contribution is -2.20. The van der Waals surface area contributed by atoms with E-state index in [1.165, 1.54) is 7.11 Å². The number of carbonyl (C=O) groups is 1. The number of aromatic hydroxyl groups is 1. The number of esters is 1. The Morgan fingerprint density at radius 1 is 1.12 bits per heavy atom. The minimum Gasteiger partial charge on any atom is -0.504 e. The molecule has 2 N–H and O–H groups in total. The molecule has 1 saturated heterocycles. The number of carbonyl (C=O) groups excluding carboxylic acids is 1. The van der Waals surface area contributed by atoms with Gasteiger partial charge in [-0.3, -0.25) is 4.79 Å². The van der Waals surface area contributed by atoms with Crippen LogP contribution in [0, 0.1) is 11.8 Å². The Morgan fingerprint density at radius 2 is 1.85 bits per heavy atom. The Labute approximate surface area is 151 Å². The van der Waals surface area contributed by atoms with Crippen molar-refractivity contribution in [2.75, 3.05) is 20.5 Å². The van der Waals surface area contributed by atoms with E-state index in [1.807, 2.05) is 18.2 Å². The van der Waals surface area contributed by atoms with Crippen LogP contribution in [0.5, 0.6) is 17.2 Å². The molecule has 0 aromatic heterocycles. The van der Waals surface area contributed by atoms with Gasteiger partial charge in [0.15, 0.2) is 18.3 Å². The van der Waals surface area contributed by atoms with Gasteiger partial charge in [-0.2, -0.15) is 0 Å². The summed E-state index contributed by atoms with van der Waals surface area (Å²) in [5.41, 5.74) is 1.94. The second-order valence-corrected chi connectivity index (χ2v) is 6.33. The van der Waals surface area contributed by atoms with Gasteiger partial charge < -0.3 is 24.4 Å². The quantitative estimate of drug-likeness (QED) is 0.584. The summed E-state index contributed by atoms with van der Waals surface area (Å²) in [4.78, 5) is 12.2. The smallest absolute Gasteiger partial charge is 0.309 e. The first-order valence-corrected chi connectivity index (χ1v) is 8.46. The minimum absolute atomic E-state index is 0.0451. The van der Waals surface area contributed by atoms with Gasteiger partial charge in [0.1, 0.15) is 5.75 Å². The van der Waals surface area contributed by atoms with Crippen LogP contribution in [0.4, 0.5) is 0 Å². The van der Waals surface area contributed by atoms with Crippen LogP contribution in [0.15, 0.2) is 42.5 Å². The number of ether oxygens (including phenoxy) is 3. The third-order valence-electron chi connectivity index (χ3n) is 4.66. The first-order chi connectivity index (χ1) is 12.6. The van der Waals surface area contributed by atoms with Crippen LogP contribution in [0.2, 0.25) is 0 Å². The molecule has 3 rings (SSSR count). The average molecular weight is 358 g/mol. The zero-order valence-corrected chi connectivity index (χ0v) is 14.6. The van der Waals surface area contributed by atoms with Gasteiger partial charge in [0.05, 0.1) is 19.6 Å². The molecule has 1 fully saturated rings. The van der Waals surface area contributed by atoms with E-state index >= 15 is 0 Å². The van der Waals surface area contributed by atoms with Crippen molar-refractivity contribution < 1.29 is 29.2 Å². The molecule has 2 aromatic rings. The maximum Gasteiger partial charge on any atom is 0.309 e. The molecule has 1 aliphatic heterocycles. The van der Waals surface area contributed by atoms with Gasteiger partial charge >= 0.3 is 5.97 Å². The van der Waals surface area contributed by atoms with E-state index in [-0.39, 0.29) is 30.3 Å².